The van der Waals surface area contributed by atoms with Gasteiger partial charge in [-0.3, -0.25) is 4.79 Å². The zero-order valence-corrected chi connectivity index (χ0v) is 11.0. The Morgan fingerprint density at radius 1 is 1.50 bits per heavy atom. The predicted octanol–water partition coefficient (Wildman–Crippen LogP) is 1.27. The summed E-state index contributed by atoms with van der Waals surface area (Å²) in [5.41, 5.74) is 0. The molecular weight excluding hydrogens is 285 g/mol. The van der Waals surface area contributed by atoms with Gasteiger partial charge < -0.3 is 10.1 Å². The van der Waals surface area contributed by atoms with Gasteiger partial charge in [0.05, 0.1) is 17.9 Å². The monoisotopic (exact) mass is 295 g/mol. The first-order valence-electron chi connectivity index (χ1n) is 4.92. The van der Waals surface area contributed by atoms with E-state index < -0.39 is 14.9 Å². The van der Waals surface area contributed by atoms with Crippen LogP contribution < -0.4 is 10.1 Å². The van der Waals surface area contributed by atoms with Crippen LogP contribution in [0, 0.1) is 5.82 Å². The van der Waals surface area contributed by atoms with Gasteiger partial charge in [-0.15, -0.1) is 0 Å². The molecule has 0 aliphatic heterocycles. The van der Waals surface area contributed by atoms with E-state index in [4.69, 9.17) is 15.4 Å². The maximum absolute atomic E-state index is 13.4. The molecule has 1 amide bonds. The summed E-state index contributed by atoms with van der Waals surface area (Å²) in [6.45, 7) is -0.0104. The smallest absolute Gasteiger partial charge is 0.261 e. The molecule has 1 aromatic carbocycles. The van der Waals surface area contributed by atoms with E-state index in [0.717, 1.165) is 18.2 Å². The molecule has 18 heavy (non-hydrogen) atoms. The summed E-state index contributed by atoms with van der Waals surface area (Å²) in [5.74, 6) is -1.23. The largest absolute Gasteiger partial charge is 0.490 e. The third-order valence-electron chi connectivity index (χ3n) is 2.05. The highest BCUT2D eigenvalue weighted by Crippen LogP contribution is 2.23. The van der Waals surface area contributed by atoms with Gasteiger partial charge in [0.2, 0.25) is 5.91 Å². The van der Waals surface area contributed by atoms with Crippen LogP contribution in [-0.4, -0.2) is 28.0 Å². The van der Waals surface area contributed by atoms with E-state index in [2.05, 4.69) is 5.32 Å². The highest BCUT2D eigenvalue weighted by molar-refractivity contribution is 8.13. The third kappa shape index (κ3) is 4.15. The van der Waals surface area contributed by atoms with Crippen LogP contribution in [0.1, 0.15) is 6.42 Å². The van der Waals surface area contributed by atoms with Gasteiger partial charge in [0.15, 0.2) is 11.6 Å². The van der Waals surface area contributed by atoms with Gasteiger partial charge in [-0.25, -0.2) is 12.8 Å². The number of carbonyl (C=O) groups is 1. The molecule has 1 aromatic rings. The van der Waals surface area contributed by atoms with Gasteiger partial charge in [-0.05, 0) is 18.2 Å². The Kier molecular flexibility index (Phi) is 4.92. The minimum Gasteiger partial charge on any atom is -0.490 e. The molecule has 0 fully saturated rings. The van der Waals surface area contributed by atoms with E-state index in [0.29, 0.717) is 0 Å². The molecule has 100 valence electrons. The van der Waals surface area contributed by atoms with E-state index in [-0.39, 0.29) is 29.6 Å². The van der Waals surface area contributed by atoms with Gasteiger partial charge in [-0.2, -0.15) is 0 Å². The van der Waals surface area contributed by atoms with Crippen molar-refractivity contribution in [2.24, 2.45) is 0 Å². The van der Waals surface area contributed by atoms with Crippen molar-refractivity contribution in [1.29, 1.82) is 0 Å². The number of halogens is 2. The number of nitrogens with one attached hydrogen (secondary N) is 1. The molecule has 0 saturated carbocycles. The average molecular weight is 296 g/mol. The van der Waals surface area contributed by atoms with Crippen molar-refractivity contribution in [3.8, 4) is 5.75 Å². The number of hydrogen-bond acceptors (Lipinski definition) is 4. The van der Waals surface area contributed by atoms with Crippen LogP contribution in [0.3, 0.4) is 0 Å². The maximum Gasteiger partial charge on any atom is 0.261 e. The Morgan fingerprint density at radius 2 is 2.17 bits per heavy atom. The summed E-state index contributed by atoms with van der Waals surface area (Å²) in [6.07, 6.45) is 0.0749. The van der Waals surface area contributed by atoms with Crippen molar-refractivity contribution >= 4 is 25.6 Å². The number of benzene rings is 1. The third-order valence-corrected chi connectivity index (χ3v) is 3.40. The van der Waals surface area contributed by atoms with Crippen LogP contribution >= 0.6 is 10.7 Å². The number of amides is 1. The zero-order chi connectivity index (χ0) is 13.8. The summed E-state index contributed by atoms with van der Waals surface area (Å²) in [7, 11) is 2.57. The number of ether oxygens (including phenoxy) is 1. The highest BCUT2D eigenvalue weighted by Gasteiger charge is 2.13. The molecular formula is C10H11ClFNO4S. The van der Waals surface area contributed by atoms with Crippen LogP contribution in [0.15, 0.2) is 23.1 Å². The topological polar surface area (TPSA) is 72.5 Å². The normalized spacial score (nSPS) is 11.1. The second-order valence-electron chi connectivity index (χ2n) is 3.30. The predicted molar refractivity (Wildman–Crippen MR) is 63.6 cm³/mol. The molecule has 0 radical (unpaired) electrons. The highest BCUT2D eigenvalue weighted by atomic mass is 35.7. The van der Waals surface area contributed by atoms with E-state index in [1.807, 2.05) is 0 Å². The van der Waals surface area contributed by atoms with E-state index in [1.165, 1.54) is 7.05 Å². The number of carbonyl (C=O) groups excluding carboxylic acids is 1. The number of rotatable bonds is 5. The molecule has 0 unspecified atom stereocenters. The lowest BCUT2D eigenvalue weighted by Crippen LogP contribution is -2.20. The first-order valence-corrected chi connectivity index (χ1v) is 7.23. The van der Waals surface area contributed by atoms with Crippen LogP contribution in [0.25, 0.3) is 0 Å². The summed E-state index contributed by atoms with van der Waals surface area (Å²) in [6, 6.07) is 3.03. The van der Waals surface area contributed by atoms with E-state index in [9.17, 15) is 17.6 Å². The zero-order valence-electron chi connectivity index (χ0n) is 9.44. The fourth-order valence-electron chi connectivity index (χ4n) is 1.13. The Balaban J connectivity index is 2.72. The van der Waals surface area contributed by atoms with E-state index in [1.54, 1.807) is 0 Å². The van der Waals surface area contributed by atoms with E-state index >= 15 is 0 Å². The molecule has 0 atom stereocenters. The lowest BCUT2D eigenvalue weighted by atomic mass is 10.3. The van der Waals surface area contributed by atoms with Crippen LogP contribution in [-0.2, 0) is 13.8 Å². The standard InChI is InChI=1S/C10H11ClFNO4S/c1-13-10(14)4-5-17-9-3-2-7(6-8(9)12)18(11,15)16/h2-3,6H,4-5H2,1H3,(H,13,14). The molecule has 0 saturated heterocycles. The molecule has 8 heteroatoms. The van der Waals surface area contributed by atoms with Gasteiger partial charge in [0.25, 0.3) is 9.05 Å². The molecule has 0 heterocycles. The van der Waals surface area contributed by atoms with Crippen LogP contribution in [0.4, 0.5) is 4.39 Å². The van der Waals surface area contributed by atoms with Crippen molar-refractivity contribution < 1.29 is 22.3 Å². The van der Waals surface area contributed by atoms with Gasteiger partial charge in [-0.1, -0.05) is 0 Å². The van der Waals surface area contributed by atoms with Crippen molar-refractivity contribution in [2.75, 3.05) is 13.7 Å². The quantitative estimate of drug-likeness (QED) is 0.830. The number of hydrogen-bond donors (Lipinski definition) is 1. The first-order chi connectivity index (χ1) is 8.34. The van der Waals surface area contributed by atoms with Crippen LogP contribution in [0.2, 0.25) is 0 Å². The summed E-state index contributed by atoms with van der Waals surface area (Å²) in [4.78, 5) is 10.5. The Hall–Kier alpha value is -1.34. The van der Waals surface area contributed by atoms with Gasteiger partial charge in [0, 0.05) is 17.7 Å². The Morgan fingerprint density at radius 3 is 2.67 bits per heavy atom. The summed E-state index contributed by atoms with van der Waals surface area (Å²) >= 11 is 0. The van der Waals surface area contributed by atoms with Gasteiger partial charge in [0.1, 0.15) is 0 Å². The summed E-state index contributed by atoms with van der Waals surface area (Å²) < 4.78 is 40.3. The Labute approximate surface area is 108 Å². The fourth-order valence-corrected chi connectivity index (χ4v) is 1.89. The lowest BCUT2D eigenvalue weighted by Gasteiger charge is -2.07. The lowest BCUT2D eigenvalue weighted by molar-refractivity contribution is -0.121. The van der Waals surface area contributed by atoms with Crippen molar-refractivity contribution in [3.05, 3.63) is 24.0 Å². The maximum atomic E-state index is 13.4. The second-order valence-corrected chi connectivity index (χ2v) is 5.87. The molecule has 0 aliphatic carbocycles. The Bertz CT molecular complexity index is 547. The van der Waals surface area contributed by atoms with Gasteiger partial charge >= 0.3 is 0 Å². The fraction of sp³-hybridized carbons (Fsp3) is 0.300. The molecule has 5 nitrogen and oxygen atoms in total. The molecule has 0 bridgehead atoms. The average Bonchev–Trinajstić information content (AvgIpc) is 2.29. The SMILES string of the molecule is CNC(=O)CCOc1ccc(S(=O)(=O)Cl)cc1F. The summed E-state index contributed by atoms with van der Waals surface area (Å²) in [5, 5.41) is 2.39. The van der Waals surface area contributed by atoms with Crippen molar-refractivity contribution in [2.45, 2.75) is 11.3 Å². The van der Waals surface area contributed by atoms with Crippen LogP contribution in [0.5, 0.6) is 5.75 Å². The van der Waals surface area contributed by atoms with Crippen molar-refractivity contribution in [1.82, 2.24) is 5.32 Å². The molecule has 0 spiro atoms. The molecule has 1 rings (SSSR count). The molecule has 0 aromatic heterocycles. The minimum atomic E-state index is -3.97. The van der Waals surface area contributed by atoms with Crippen molar-refractivity contribution in [3.63, 3.8) is 0 Å². The first kappa shape index (κ1) is 14.7. The molecule has 1 N–H and O–H groups in total. The minimum absolute atomic E-state index is 0.0104. The second kappa shape index (κ2) is 6.01. The molecule has 0 aliphatic rings.